The lowest BCUT2D eigenvalue weighted by molar-refractivity contribution is 0.205. The summed E-state index contributed by atoms with van der Waals surface area (Å²) in [4.78, 5) is 17.2. The van der Waals surface area contributed by atoms with Crippen molar-refractivity contribution in [3.05, 3.63) is 48.0 Å². The second-order valence-corrected chi connectivity index (χ2v) is 7.67. The van der Waals surface area contributed by atoms with Crippen LogP contribution in [0.1, 0.15) is 32.3 Å². The molecule has 0 aromatic heterocycles. The Kier molecular flexibility index (Phi) is 8.00. The topological polar surface area (TPSA) is 74.3 Å². The van der Waals surface area contributed by atoms with Gasteiger partial charge in [-0.1, -0.05) is 32.0 Å². The van der Waals surface area contributed by atoms with Crippen molar-refractivity contribution in [1.82, 2.24) is 9.80 Å². The van der Waals surface area contributed by atoms with Crippen LogP contribution >= 0.6 is 0 Å². The van der Waals surface area contributed by atoms with Crippen molar-refractivity contribution in [1.29, 1.82) is 0 Å². The summed E-state index contributed by atoms with van der Waals surface area (Å²) in [5.41, 5.74) is 1.57. The molecule has 1 aliphatic rings. The van der Waals surface area contributed by atoms with Crippen molar-refractivity contribution in [3.63, 3.8) is 0 Å². The first-order valence-electron chi connectivity index (χ1n) is 10.9. The number of nitrogens with one attached hydrogen (secondary N) is 1. The summed E-state index contributed by atoms with van der Waals surface area (Å²) >= 11 is 0. The number of para-hydroxylation sites is 2. The van der Waals surface area contributed by atoms with Gasteiger partial charge in [0.15, 0.2) is 11.5 Å². The number of carbonyl (C=O) groups excluding carboxylic acids is 1. The standard InChI is InChI=1S/C24H33N3O4/c1-4-26(5-2)14-15-31-22-9-7-6-8-20(22)25-24(29)27(19-11-12-19)17-18-10-13-21(28)23(16-18)30-3/h6-10,13,16,19,28H,4-5,11-12,14-15,17H2,1-3H3,(H,25,29). The molecule has 168 valence electrons. The van der Waals surface area contributed by atoms with E-state index in [1.165, 1.54) is 7.11 Å². The fraction of sp³-hybridized carbons (Fsp3) is 0.458. The van der Waals surface area contributed by atoms with E-state index in [4.69, 9.17) is 9.47 Å². The van der Waals surface area contributed by atoms with E-state index in [-0.39, 0.29) is 17.8 Å². The molecule has 3 rings (SSSR count). The van der Waals surface area contributed by atoms with Gasteiger partial charge in [-0.3, -0.25) is 0 Å². The van der Waals surface area contributed by atoms with Crippen LogP contribution in [0, 0.1) is 0 Å². The number of nitrogens with zero attached hydrogens (tertiary/aromatic N) is 2. The van der Waals surface area contributed by atoms with Gasteiger partial charge in [0.25, 0.3) is 0 Å². The molecule has 2 amide bonds. The van der Waals surface area contributed by atoms with E-state index in [2.05, 4.69) is 24.1 Å². The Bertz CT molecular complexity index is 866. The molecule has 0 spiro atoms. The minimum atomic E-state index is -0.158. The third-order valence-electron chi connectivity index (χ3n) is 5.53. The molecule has 0 bridgehead atoms. The summed E-state index contributed by atoms with van der Waals surface area (Å²) in [5, 5.41) is 12.9. The van der Waals surface area contributed by atoms with Crippen LogP contribution in [0.3, 0.4) is 0 Å². The lowest BCUT2D eigenvalue weighted by Gasteiger charge is -2.24. The summed E-state index contributed by atoms with van der Waals surface area (Å²) in [7, 11) is 1.52. The number of amides is 2. The smallest absolute Gasteiger partial charge is 0.322 e. The van der Waals surface area contributed by atoms with Gasteiger partial charge in [0.05, 0.1) is 12.8 Å². The number of hydrogen-bond acceptors (Lipinski definition) is 5. The monoisotopic (exact) mass is 427 g/mol. The van der Waals surface area contributed by atoms with E-state index in [0.29, 0.717) is 30.3 Å². The maximum atomic E-state index is 13.1. The van der Waals surface area contributed by atoms with Crippen molar-refractivity contribution >= 4 is 11.7 Å². The van der Waals surface area contributed by atoms with E-state index in [1.807, 2.05) is 35.2 Å². The number of phenolic OH excluding ortho intramolecular Hbond substituents is 1. The molecule has 0 saturated heterocycles. The second kappa shape index (κ2) is 10.9. The molecule has 7 nitrogen and oxygen atoms in total. The van der Waals surface area contributed by atoms with Gasteiger partial charge in [-0.05, 0) is 55.8 Å². The van der Waals surface area contributed by atoms with Crippen LogP contribution in [0.2, 0.25) is 0 Å². The SMILES string of the molecule is CCN(CC)CCOc1ccccc1NC(=O)N(Cc1ccc(O)c(OC)c1)C1CC1. The zero-order chi connectivity index (χ0) is 22.2. The highest BCUT2D eigenvalue weighted by Gasteiger charge is 2.33. The first-order valence-corrected chi connectivity index (χ1v) is 10.9. The largest absolute Gasteiger partial charge is 0.504 e. The van der Waals surface area contributed by atoms with Crippen LogP contribution in [0.4, 0.5) is 10.5 Å². The Morgan fingerprint density at radius 3 is 2.55 bits per heavy atom. The molecule has 31 heavy (non-hydrogen) atoms. The van der Waals surface area contributed by atoms with Gasteiger partial charge in [-0.25, -0.2) is 4.79 Å². The zero-order valence-corrected chi connectivity index (χ0v) is 18.6. The maximum absolute atomic E-state index is 13.1. The van der Waals surface area contributed by atoms with Crippen molar-refractivity contribution in [2.75, 3.05) is 38.7 Å². The minimum Gasteiger partial charge on any atom is -0.504 e. The molecule has 0 aliphatic heterocycles. The number of benzene rings is 2. The molecule has 1 saturated carbocycles. The maximum Gasteiger partial charge on any atom is 0.322 e. The number of phenols is 1. The molecule has 0 unspecified atom stereocenters. The molecule has 2 N–H and O–H groups in total. The van der Waals surface area contributed by atoms with Crippen LogP contribution in [0.25, 0.3) is 0 Å². The molecule has 1 fully saturated rings. The van der Waals surface area contributed by atoms with Gasteiger partial charge in [0, 0.05) is 19.1 Å². The van der Waals surface area contributed by atoms with Crippen LogP contribution < -0.4 is 14.8 Å². The molecular weight excluding hydrogens is 394 g/mol. The van der Waals surface area contributed by atoms with E-state index >= 15 is 0 Å². The minimum absolute atomic E-state index is 0.0875. The highest BCUT2D eigenvalue weighted by Crippen LogP contribution is 2.32. The van der Waals surface area contributed by atoms with Gasteiger partial charge < -0.3 is 29.7 Å². The first-order chi connectivity index (χ1) is 15.0. The van der Waals surface area contributed by atoms with Crippen LogP contribution in [-0.4, -0.2) is 60.3 Å². The average molecular weight is 428 g/mol. The summed E-state index contributed by atoms with van der Waals surface area (Å²) in [6.45, 7) is 8.08. The van der Waals surface area contributed by atoms with Crippen molar-refractivity contribution in [2.24, 2.45) is 0 Å². The summed E-state index contributed by atoms with van der Waals surface area (Å²) in [5.74, 6) is 1.16. The van der Waals surface area contributed by atoms with Crippen LogP contribution in [0.15, 0.2) is 42.5 Å². The molecular formula is C24H33N3O4. The van der Waals surface area contributed by atoms with E-state index in [9.17, 15) is 9.90 Å². The Balaban J connectivity index is 1.66. The number of ether oxygens (including phenoxy) is 2. The third-order valence-corrected chi connectivity index (χ3v) is 5.53. The Labute approximate surface area is 184 Å². The number of anilines is 1. The number of methoxy groups -OCH3 is 1. The Morgan fingerprint density at radius 1 is 1.13 bits per heavy atom. The van der Waals surface area contributed by atoms with E-state index in [1.54, 1.807) is 12.1 Å². The average Bonchev–Trinajstić information content (AvgIpc) is 3.62. The van der Waals surface area contributed by atoms with Crippen LogP contribution in [0.5, 0.6) is 17.2 Å². The summed E-state index contributed by atoms with van der Waals surface area (Å²) in [6.07, 6.45) is 1.98. The van der Waals surface area contributed by atoms with Crippen molar-refractivity contribution in [2.45, 2.75) is 39.3 Å². The quantitative estimate of drug-likeness (QED) is 0.559. The molecule has 2 aromatic carbocycles. The number of rotatable bonds is 11. The lowest BCUT2D eigenvalue weighted by atomic mass is 10.2. The predicted molar refractivity (Wildman–Crippen MR) is 122 cm³/mol. The third kappa shape index (κ3) is 6.28. The van der Waals surface area contributed by atoms with Gasteiger partial charge in [-0.2, -0.15) is 0 Å². The summed E-state index contributed by atoms with van der Waals surface area (Å²) in [6, 6.07) is 12.8. The van der Waals surface area contributed by atoms with Crippen molar-refractivity contribution < 1.29 is 19.4 Å². The van der Waals surface area contributed by atoms with Gasteiger partial charge in [-0.15, -0.1) is 0 Å². The highest BCUT2D eigenvalue weighted by molar-refractivity contribution is 5.91. The fourth-order valence-electron chi connectivity index (χ4n) is 3.48. The Morgan fingerprint density at radius 2 is 1.87 bits per heavy atom. The predicted octanol–water partition coefficient (Wildman–Crippen LogP) is 4.32. The summed E-state index contributed by atoms with van der Waals surface area (Å²) < 4.78 is 11.2. The Hall–Kier alpha value is -2.93. The number of aromatic hydroxyl groups is 1. The van der Waals surface area contributed by atoms with Gasteiger partial charge in [0.1, 0.15) is 12.4 Å². The van der Waals surface area contributed by atoms with E-state index < -0.39 is 0 Å². The number of likely N-dealkylation sites (N-methyl/N-ethyl adjacent to an activating group) is 1. The fourth-order valence-corrected chi connectivity index (χ4v) is 3.48. The highest BCUT2D eigenvalue weighted by atomic mass is 16.5. The molecule has 1 aliphatic carbocycles. The number of urea groups is 1. The second-order valence-electron chi connectivity index (χ2n) is 7.67. The number of carbonyl (C=O) groups is 1. The molecule has 0 radical (unpaired) electrons. The van der Waals surface area contributed by atoms with Crippen LogP contribution in [-0.2, 0) is 6.54 Å². The normalized spacial score (nSPS) is 13.2. The molecule has 0 atom stereocenters. The van der Waals surface area contributed by atoms with Crippen molar-refractivity contribution in [3.8, 4) is 17.2 Å². The lowest BCUT2D eigenvalue weighted by Crippen LogP contribution is -2.36. The van der Waals surface area contributed by atoms with Gasteiger partial charge >= 0.3 is 6.03 Å². The first kappa shape index (κ1) is 22.7. The zero-order valence-electron chi connectivity index (χ0n) is 18.6. The molecule has 7 heteroatoms. The molecule has 2 aromatic rings. The van der Waals surface area contributed by atoms with Gasteiger partial charge in [0.2, 0.25) is 0 Å². The number of hydrogen-bond donors (Lipinski definition) is 2. The van der Waals surface area contributed by atoms with E-state index in [0.717, 1.165) is 38.0 Å². The molecule has 0 heterocycles.